The van der Waals surface area contributed by atoms with Crippen molar-refractivity contribution >= 4 is 46.5 Å². The van der Waals surface area contributed by atoms with E-state index in [2.05, 4.69) is 10.6 Å². The molecule has 0 spiro atoms. The van der Waals surface area contributed by atoms with Gasteiger partial charge >= 0.3 is 5.97 Å². The van der Waals surface area contributed by atoms with Gasteiger partial charge in [-0.05, 0) is 61.5 Å². The molecule has 7 heteroatoms. The number of hydrogen-bond acceptors (Lipinski definition) is 3. The van der Waals surface area contributed by atoms with Gasteiger partial charge in [0.05, 0.1) is 16.1 Å². The standard InChI is InChI=1S/C17H15ClN2O3S/c1-9-6-7-12(13(18)8-9)15(21)20-17(24)19-14-5-3-4-11(10(14)2)16(22)23/h3-8H,1-2H3,(H,22,23)(H2,19,20,21,24). The van der Waals surface area contributed by atoms with Crippen molar-refractivity contribution < 1.29 is 14.7 Å². The van der Waals surface area contributed by atoms with Gasteiger partial charge in [0, 0.05) is 5.69 Å². The first-order chi connectivity index (χ1) is 11.3. The minimum atomic E-state index is -1.03. The number of rotatable bonds is 3. The molecular weight excluding hydrogens is 348 g/mol. The van der Waals surface area contributed by atoms with Crippen LogP contribution in [0.25, 0.3) is 0 Å². The maximum absolute atomic E-state index is 12.2. The SMILES string of the molecule is Cc1ccc(C(=O)NC(=S)Nc2cccc(C(=O)O)c2C)c(Cl)c1. The number of hydrogen-bond donors (Lipinski definition) is 3. The summed E-state index contributed by atoms with van der Waals surface area (Å²) in [7, 11) is 0. The Morgan fingerprint density at radius 3 is 2.46 bits per heavy atom. The zero-order valence-corrected chi connectivity index (χ0v) is 14.6. The first-order valence-electron chi connectivity index (χ1n) is 7.01. The summed E-state index contributed by atoms with van der Waals surface area (Å²) in [4.78, 5) is 23.4. The molecule has 5 nitrogen and oxygen atoms in total. The summed E-state index contributed by atoms with van der Waals surface area (Å²) in [6, 6.07) is 9.85. The molecule has 2 rings (SSSR count). The summed E-state index contributed by atoms with van der Waals surface area (Å²) in [6.45, 7) is 3.53. The fraction of sp³-hybridized carbons (Fsp3) is 0.118. The van der Waals surface area contributed by atoms with Gasteiger partial charge in [-0.2, -0.15) is 0 Å². The number of aryl methyl sites for hydroxylation is 1. The van der Waals surface area contributed by atoms with Crippen molar-refractivity contribution in [1.82, 2.24) is 5.32 Å². The molecule has 0 aliphatic heterocycles. The largest absolute Gasteiger partial charge is 0.478 e. The molecule has 24 heavy (non-hydrogen) atoms. The molecule has 0 bridgehead atoms. The number of carboxylic acid groups (broad SMARTS) is 1. The number of carbonyl (C=O) groups excluding carboxylic acids is 1. The molecule has 2 aromatic carbocycles. The molecule has 1 amide bonds. The zero-order valence-electron chi connectivity index (χ0n) is 13.0. The lowest BCUT2D eigenvalue weighted by Gasteiger charge is -2.13. The Balaban J connectivity index is 2.12. The first-order valence-corrected chi connectivity index (χ1v) is 7.79. The number of carbonyl (C=O) groups is 2. The van der Waals surface area contributed by atoms with Crippen molar-refractivity contribution in [3.05, 3.63) is 63.7 Å². The Morgan fingerprint density at radius 1 is 1.12 bits per heavy atom. The minimum absolute atomic E-state index is 0.0577. The second kappa shape index (κ2) is 7.42. The number of carboxylic acids is 1. The topological polar surface area (TPSA) is 78.4 Å². The van der Waals surface area contributed by atoms with Crippen LogP contribution in [0, 0.1) is 13.8 Å². The van der Waals surface area contributed by atoms with Gasteiger partial charge in [0.2, 0.25) is 0 Å². The van der Waals surface area contributed by atoms with Crippen LogP contribution in [0.5, 0.6) is 0 Å². The van der Waals surface area contributed by atoms with Gasteiger partial charge in [-0.15, -0.1) is 0 Å². The zero-order chi connectivity index (χ0) is 17.9. The third kappa shape index (κ3) is 4.10. The van der Waals surface area contributed by atoms with E-state index in [0.717, 1.165) is 5.56 Å². The van der Waals surface area contributed by atoms with Gasteiger partial charge in [-0.25, -0.2) is 4.79 Å². The highest BCUT2D eigenvalue weighted by atomic mass is 35.5. The third-order valence-electron chi connectivity index (χ3n) is 3.41. The average molecular weight is 363 g/mol. The average Bonchev–Trinajstić information content (AvgIpc) is 2.48. The van der Waals surface area contributed by atoms with Crippen LogP contribution in [0.4, 0.5) is 5.69 Å². The van der Waals surface area contributed by atoms with Crippen molar-refractivity contribution in [3.63, 3.8) is 0 Å². The molecule has 0 aromatic heterocycles. The number of nitrogens with one attached hydrogen (secondary N) is 2. The Kier molecular flexibility index (Phi) is 5.54. The van der Waals surface area contributed by atoms with Gasteiger partial charge in [0.15, 0.2) is 5.11 Å². The molecule has 0 aliphatic rings. The van der Waals surface area contributed by atoms with E-state index in [9.17, 15) is 9.59 Å². The fourth-order valence-electron chi connectivity index (χ4n) is 2.13. The molecule has 0 saturated carbocycles. The Bertz CT molecular complexity index is 837. The monoisotopic (exact) mass is 362 g/mol. The van der Waals surface area contributed by atoms with Crippen LogP contribution in [0.1, 0.15) is 31.8 Å². The van der Waals surface area contributed by atoms with Crippen LogP contribution in [-0.4, -0.2) is 22.1 Å². The van der Waals surface area contributed by atoms with E-state index in [0.29, 0.717) is 21.8 Å². The molecule has 2 aromatic rings. The van der Waals surface area contributed by atoms with Crippen molar-refractivity contribution in [3.8, 4) is 0 Å². The van der Waals surface area contributed by atoms with Crippen molar-refractivity contribution in [2.24, 2.45) is 0 Å². The highest BCUT2D eigenvalue weighted by Gasteiger charge is 2.14. The van der Waals surface area contributed by atoms with Gasteiger partial charge < -0.3 is 10.4 Å². The number of anilines is 1. The lowest BCUT2D eigenvalue weighted by molar-refractivity contribution is 0.0696. The smallest absolute Gasteiger partial charge is 0.336 e. The summed E-state index contributed by atoms with van der Waals surface area (Å²) >= 11 is 11.2. The van der Waals surface area contributed by atoms with Crippen LogP contribution >= 0.6 is 23.8 Å². The Labute approximate surface area is 149 Å². The van der Waals surface area contributed by atoms with Gasteiger partial charge in [-0.3, -0.25) is 10.1 Å². The quantitative estimate of drug-likeness (QED) is 0.724. The van der Waals surface area contributed by atoms with Crippen molar-refractivity contribution in [1.29, 1.82) is 0 Å². The maximum atomic E-state index is 12.2. The summed E-state index contributed by atoms with van der Waals surface area (Å²) in [5.74, 6) is -1.47. The van der Waals surface area contributed by atoms with Crippen molar-refractivity contribution in [2.75, 3.05) is 5.32 Å². The van der Waals surface area contributed by atoms with E-state index >= 15 is 0 Å². The van der Waals surface area contributed by atoms with Crippen LogP contribution in [0.3, 0.4) is 0 Å². The molecule has 0 saturated heterocycles. The van der Waals surface area contributed by atoms with E-state index < -0.39 is 11.9 Å². The molecule has 0 unspecified atom stereocenters. The van der Waals surface area contributed by atoms with Crippen LogP contribution < -0.4 is 10.6 Å². The summed E-state index contributed by atoms with van der Waals surface area (Å²) in [5, 5.41) is 14.9. The molecule has 0 fully saturated rings. The molecule has 0 radical (unpaired) electrons. The first kappa shape index (κ1) is 17.9. The highest BCUT2D eigenvalue weighted by Crippen LogP contribution is 2.20. The predicted molar refractivity (Wildman–Crippen MR) is 98.0 cm³/mol. The number of benzene rings is 2. The summed E-state index contributed by atoms with van der Waals surface area (Å²) in [6.07, 6.45) is 0. The molecule has 3 N–H and O–H groups in total. The predicted octanol–water partition coefficient (Wildman–Crippen LogP) is 3.78. The number of aromatic carboxylic acids is 1. The second-order valence-electron chi connectivity index (χ2n) is 5.17. The number of thiocarbonyl (C=S) groups is 1. The summed E-state index contributed by atoms with van der Waals surface area (Å²) < 4.78 is 0. The van der Waals surface area contributed by atoms with E-state index in [-0.39, 0.29) is 10.7 Å². The van der Waals surface area contributed by atoms with E-state index in [4.69, 9.17) is 28.9 Å². The van der Waals surface area contributed by atoms with E-state index in [1.165, 1.54) is 6.07 Å². The van der Waals surface area contributed by atoms with E-state index in [1.54, 1.807) is 37.3 Å². The van der Waals surface area contributed by atoms with Crippen LogP contribution in [0.2, 0.25) is 5.02 Å². The van der Waals surface area contributed by atoms with Gasteiger partial charge in [0.25, 0.3) is 5.91 Å². The lowest BCUT2D eigenvalue weighted by Crippen LogP contribution is -2.34. The lowest BCUT2D eigenvalue weighted by atomic mass is 10.1. The normalized spacial score (nSPS) is 10.1. The van der Waals surface area contributed by atoms with Crippen LogP contribution in [-0.2, 0) is 0 Å². The Morgan fingerprint density at radius 2 is 1.83 bits per heavy atom. The van der Waals surface area contributed by atoms with Gasteiger partial charge in [-0.1, -0.05) is 23.7 Å². The molecule has 124 valence electrons. The van der Waals surface area contributed by atoms with Crippen molar-refractivity contribution in [2.45, 2.75) is 13.8 Å². The molecule has 0 atom stereocenters. The molecular formula is C17H15ClN2O3S. The molecule has 0 aliphatic carbocycles. The second-order valence-corrected chi connectivity index (χ2v) is 5.99. The van der Waals surface area contributed by atoms with Gasteiger partial charge in [0.1, 0.15) is 0 Å². The minimum Gasteiger partial charge on any atom is -0.478 e. The van der Waals surface area contributed by atoms with E-state index in [1.807, 2.05) is 6.92 Å². The molecule has 0 heterocycles. The van der Waals surface area contributed by atoms with Crippen LogP contribution in [0.15, 0.2) is 36.4 Å². The fourth-order valence-corrected chi connectivity index (χ4v) is 2.65. The number of amides is 1. The third-order valence-corrected chi connectivity index (χ3v) is 3.93. The maximum Gasteiger partial charge on any atom is 0.336 e. The highest BCUT2D eigenvalue weighted by molar-refractivity contribution is 7.80. The number of halogens is 1. The Hall–Kier alpha value is -2.44. The summed E-state index contributed by atoms with van der Waals surface area (Å²) in [5.41, 5.74) is 2.45.